The van der Waals surface area contributed by atoms with Crippen LogP contribution in [-0.2, 0) is 25.7 Å². The van der Waals surface area contributed by atoms with Crippen LogP contribution in [-0.4, -0.2) is 20.4 Å². The van der Waals surface area contributed by atoms with Crippen LogP contribution in [0.15, 0.2) is 86.0 Å². The van der Waals surface area contributed by atoms with Gasteiger partial charge >= 0.3 is 0 Å². The Balaban J connectivity index is 1.64. The third-order valence-electron chi connectivity index (χ3n) is 6.75. The fourth-order valence-electron chi connectivity index (χ4n) is 4.75. The highest BCUT2D eigenvalue weighted by molar-refractivity contribution is 5.52. The number of phenolic OH excluding ortho intramolecular Hbond substituents is 4. The van der Waals surface area contributed by atoms with Crippen LogP contribution < -0.4 is 4.74 Å². The van der Waals surface area contributed by atoms with Crippen molar-refractivity contribution in [3.8, 4) is 34.5 Å². The summed E-state index contributed by atoms with van der Waals surface area (Å²) in [6, 6.07) is 17.9. The second kappa shape index (κ2) is 11.8. The summed E-state index contributed by atoms with van der Waals surface area (Å²) < 4.78 is 6.23. The van der Waals surface area contributed by atoms with Crippen molar-refractivity contribution >= 4 is 0 Å². The van der Waals surface area contributed by atoms with Gasteiger partial charge < -0.3 is 25.2 Å². The SMILES string of the molecule is C=CCc1cc(Cc2cc(Oc3cc(CC=C)c(O)c(Cc4ccc(O)c(C)c4)c3)ccc2O)cc(C)c1O. The van der Waals surface area contributed by atoms with Gasteiger partial charge in [-0.05, 0) is 90.9 Å². The van der Waals surface area contributed by atoms with Gasteiger partial charge in [0.05, 0.1) is 0 Å². The minimum atomic E-state index is 0.153. The first-order chi connectivity index (χ1) is 18.7. The van der Waals surface area contributed by atoms with Crippen molar-refractivity contribution in [2.75, 3.05) is 0 Å². The molecule has 0 amide bonds. The van der Waals surface area contributed by atoms with E-state index in [1.54, 1.807) is 42.5 Å². The van der Waals surface area contributed by atoms with Crippen molar-refractivity contribution in [2.24, 2.45) is 0 Å². The van der Waals surface area contributed by atoms with Gasteiger partial charge in [-0.25, -0.2) is 0 Å². The average molecular weight is 523 g/mol. The molecule has 0 aliphatic rings. The molecule has 200 valence electrons. The van der Waals surface area contributed by atoms with Crippen LogP contribution in [0.1, 0.15) is 44.5 Å². The number of allylic oxidation sites excluding steroid dienone is 2. The normalized spacial score (nSPS) is 10.8. The highest BCUT2D eigenvalue weighted by atomic mass is 16.5. The van der Waals surface area contributed by atoms with Gasteiger partial charge in [-0.1, -0.05) is 36.4 Å². The molecule has 4 rings (SSSR count). The molecule has 0 unspecified atom stereocenters. The van der Waals surface area contributed by atoms with Gasteiger partial charge in [0.25, 0.3) is 0 Å². The third-order valence-corrected chi connectivity index (χ3v) is 6.75. The fraction of sp³-hybridized carbons (Fsp3) is 0.176. The van der Waals surface area contributed by atoms with Gasteiger partial charge in [-0.2, -0.15) is 0 Å². The van der Waals surface area contributed by atoms with Crippen LogP contribution in [0.25, 0.3) is 0 Å². The summed E-state index contributed by atoms with van der Waals surface area (Å²) in [5.74, 6) is 1.94. The van der Waals surface area contributed by atoms with E-state index in [0.29, 0.717) is 53.9 Å². The Morgan fingerprint density at radius 3 is 1.87 bits per heavy atom. The Kier molecular flexibility index (Phi) is 8.30. The first kappa shape index (κ1) is 27.4. The Labute approximate surface area is 229 Å². The molecule has 0 aliphatic heterocycles. The maximum atomic E-state index is 10.9. The predicted molar refractivity (Wildman–Crippen MR) is 155 cm³/mol. The van der Waals surface area contributed by atoms with Crippen molar-refractivity contribution in [3.05, 3.63) is 130 Å². The summed E-state index contributed by atoms with van der Waals surface area (Å²) in [6.07, 6.45) is 5.42. The Hall–Kier alpha value is -4.64. The molecule has 4 aromatic carbocycles. The molecule has 0 spiro atoms. The van der Waals surface area contributed by atoms with Crippen molar-refractivity contribution < 1.29 is 25.2 Å². The van der Waals surface area contributed by atoms with E-state index in [0.717, 1.165) is 27.8 Å². The van der Waals surface area contributed by atoms with E-state index in [-0.39, 0.29) is 23.0 Å². The first-order valence-corrected chi connectivity index (χ1v) is 12.8. The monoisotopic (exact) mass is 522 g/mol. The van der Waals surface area contributed by atoms with Crippen molar-refractivity contribution in [1.82, 2.24) is 0 Å². The molecule has 0 atom stereocenters. The minimum absolute atomic E-state index is 0.153. The summed E-state index contributed by atoms with van der Waals surface area (Å²) in [7, 11) is 0. The fourth-order valence-corrected chi connectivity index (χ4v) is 4.75. The maximum absolute atomic E-state index is 10.9. The van der Waals surface area contributed by atoms with Gasteiger partial charge in [0.2, 0.25) is 0 Å². The molecule has 4 N–H and O–H groups in total. The maximum Gasteiger partial charge on any atom is 0.128 e. The minimum Gasteiger partial charge on any atom is -0.508 e. The van der Waals surface area contributed by atoms with Crippen LogP contribution in [0.5, 0.6) is 34.5 Å². The topological polar surface area (TPSA) is 90.2 Å². The molecule has 0 saturated heterocycles. The van der Waals surface area contributed by atoms with Crippen molar-refractivity contribution in [2.45, 2.75) is 39.5 Å². The number of hydrogen-bond acceptors (Lipinski definition) is 5. The van der Waals surface area contributed by atoms with Crippen LogP contribution >= 0.6 is 0 Å². The molecule has 39 heavy (non-hydrogen) atoms. The Bertz CT molecular complexity index is 1530. The molecule has 0 radical (unpaired) electrons. The summed E-state index contributed by atoms with van der Waals surface area (Å²) >= 11 is 0. The molecule has 4 aromatic rings. The Morgan fingerprint density at radius 2 is 1.18 bits per heavy atom. The highest BCUT2D eigenvalue weighted by Gasteiger charge is 2.14. The predicted octanol–water partition coefficient (Wildman–Crippen LogP) is 7.56. The van der Waals surface area contributed by atoms with E-state index in [4.69, 9.17) is 4.74 Å². The molecule has 0 heterocycles. The molecule has 0 aliphatic carbocycles. The first-order valence-electron chi connectivity index (χ1n) is 12.8. The molecule has 0 fully saturated rings. The molecular weight excluding hydrogens is 488 g/mol. The number of aryl methyl sites for hydroxylation is 2. The summed E-state index contributed by atoms with van der Waals surface area (Å²) in [4.78, 5) is 0. The van der Waals surface area contributed by atoms with E-state index in [1.807, 2.05) is 44.2 Å². The zero-order valence-electron chi connectivity index (χ0n) is 22.4. The lowest BCUT2D eigenvalue weighted by Crippen LogP contribution is -1.97. The number of ether oxygens (including phenoxy) is 1. The standard InChI is InChI=1S/C34H34O5/c1-5-7-25-16-24(14-22(4)33(25)37)17-27-19-29(10-12-32(27)36)39-30-18-26(8-6-2)34(38)28(20-30)15-23-9-11-31(35)21(3)13-23/h5-6,9-14,16,18-20,35-38H,1-2,7-8,15,17H2,3-4H3. The van der Waals surface area contributed by atoms with E-state index in [2.05, 4.69) is 13.2 Å². The van der Waals surface area contributed by atoms with Crippen LogP contribution in [0.2, 0.25) is 0 Å². The van der Waals surface area contributed by atoms with Crippen LogP contribution in [0.4, 0.5) is 0 Å². The van der Waals surface area contributed by atoms with Crippen molar-refractivity contribution in [1.29, 1.82) is 0 Å². The molecule has 0 aromatic heterocycles. The van der Waals surface area contributed by atoms with E-state index >= 15 is 0 Å². The molecule has 5 heteroatoms. The zero-order valence-corrected chi connectivity index (χ0v) is 22.4. The zero-order chi connectivity index (χ0) is 28.1. The summed E-state index contributed by atoms with van der Waals surface area (Å²) in [6.45, 7) is 11.3. The second-order valence-electron chi connectivity index (χ2n) is 9.86. The molecule has 0 bridgehead atoms. The number of benzene rings is 4. The highest BCUT2D eigenvalue weighted by Crippen LogP contribution is 2.35. The van der Waals surface area contributed by atoms with Gasteiger partial charge in [0.15, 0.2) is 0 Å². The second-order valence-corrected chi connectivity index (χ2v) is 9.86. The largest absolute Gasteiger partial charge is 0.508 e. The van der Waals surface area contributed by atoms with E-state index < -0.39 is 0 Å². The van der Waals surface area contributed by atoms with E-state index in [9.17, 15) is 20.4 Å². The van der Waals surface area contributed by atoms with E-state index in [1.165, 1.54) is 0 Å². The quantitative estimate of drug-likeness (QED) is 0.161. The number of phenols is 4. The van der Waals surface area contributed by atoms with Crippen LogP contribution in [0, 0.1) is 13.8 Å². The lowest BCUT2D eigenvalue weighted by atomic mass is 9.97. The number of aromatic hydroxyl groups is 4. The number of hydrogen-bond donors (Lipinski definition) is 4. The molecule has 5 nitrogen and oxygen atoms in total. The van der Waals surface area contributed by atoms with Crippen molar-refractivity contribution in [3.63, 3.8) is 0 Å². The van der Waals surface area contributed by atoms with Gasteiger partial charge in [-0.15, -0.1) is 13.2 Å². The van der Waals surface area contributed by atoms with Crippen LogP contribution in [0.3, 0.4) is 0 Å². The number of rotatable bonds is 10. The summed E-state index contributed by atoms with van der Waals surface area (Å²) in [5.41, 5.74) is 6.32. The smallest absolute Gasteiger partial charge is 0.128 e. The van der Waals surface area contributed by atoms with Gasteiger partial charge in [0.1, 0.15) is 34.5 Å². The molecular formula is C34H34O5. The average Bonchev–Trinajstić information content (AvgIpc) is 2.89. The molecule has 0 saturated carbocycles. The lowest BCUT2D eigenvalue weighted by molar-refractivity contribution is 0.449. The Morgan fingerprint density at radius 1 is 0.590 bits per heavy atom. The lowest BCUT2D eigenvalue weighted by Gasteiger charge is -2.15. The van der Waals surface area contributed by atoms with Gasteiger partial charge in [-0.3, -0.25) is 0 Å². The third kappa shape index (κ3) is 6.44. The van der Waals surface area contributed by atoms with Gasteiger partial charge in [0, 0.05) is 29.5 Å². The summed E-state index contributed by atoms with van der Waals surface area (Å²) in [5, 5.41) is 41.7.